The van der Waals surface area contributed by atoms with Crippen LogP contribution in [0.5, 0.6) is 0 Å². The first kappa shape index (κ1) is 104. The molecule has 0 rings (SSSR count). The standard InChI is InChI=1S/C87H170O17P2/c1-5-9-13-17-21-25-29-33-36-39-42-44-48-52-56-60-64-68-72-85(90)98-78-83(104-87(92)74-70-66-62-58-54-50-46-43-40-37-34-30-26-22-18-14-10-6-2)80-102-106(95,96)100-76-81(88)75-99-105(93,94)101-79-82(77-97-84(89)71-67-63-59-55-51-47-32-28-24-20-16-12-8-4)103-86(91)73-69-65-61-57-53-49-45-41-38-35-31-27-23-19-15-11-7-3/h81-83,88H,5-80H2,1-4H3,(H,93,94)(H,95,96)/t81-,82+,83+/m0/s1. The number of esters is 4. The van der Waals surface area contributed by atoms with E-state index in [-0.39, 0.29) is 25.7 Å². The van der Waals surface area contributed by atoms with E-state index in [0.29, 0.717) is 25.7 Å². The smallest absolute Gasteiger partial charge is 0.462 e. The number of carbonyl (C=O) groups is 4. The van der Waals surface area contributed by atoms with E-state index in [4.69, 9.17) is 37.0 Å². The van der Waals surface area contributed by atoms with Crippen LogP contribution in [0.2, 0.25) is 0 Å². The highest BCUT2D eigenvalue weighted by atomic mass is 31.2. The molecule has 3 N–H and O–H groups in total. The van der Waals surface area contributed by atoms with Crippen molar-refractivity contribution in [1.29, 1.82) is 0 Å². The van der Waals surface area contributed by atoms with Crippen LogP contribution in [-0.4, -0.2) is 96.7 Å². The summed E-state index contributed by atoms with van der Waals surface area (Å²) in [6.07, 6.45) is 76.2. The minimum atomic E-state index is -4.97. The van der Waals surface area contributed by atoms with Crippen molar-refractivity contribution >= 4 is 39.5 Å². The predicted octanol–water partition coefficient (Wildman–Crippen LogP) is 26.9. The predicted molar refractivity (Wildman–Crippen MR) is 437 cm³/mol. The fourth-order valence-corrected chi connectivity index (χ4v) is 15.3. The van der Waals surface area contributed by atoms with Gasteiger partial charge >= 0.3 is 39.5 Å². The summed E-state index contributed by atoms with van der Waals surface area (Å²) < 4.78 is 69.0. The quantitative estimate of drug-likeness (QED) is 0.0222. The largest absolute Gasteiger partial charge is 0.472 e. The summed E-state index contributed by atoms with van der Waals surface area (Å²) in [6, 6.07) is 0. The van der Waals surface area contributed by atoms with Gasteiger partial charge in [0.2, 0.25) is 0 Å². The average molecular weight is 1550 g/mol. The maximum absolute atomic E-state index is 13.2. The lowest BCUT2D eigenvalue weighted by Gasteiger charge is -2.21. The fourth-order valence-electron chi connectivity index (χ4n) is 13.7. The molecule has 0 bridgehead atoms. The van der Waals surface area contributed by atoms with Gasteiger partial charge in [-0.05, 0) is 25.7 Å². The van der Waals surface area contributed by atoms with Crippen molar-refractivity contribution < 1.29 is 80.2 Å². The van der Waals surface area contributed by atoms with E-state index >= 15 is 0 Å². The van der Waals surface area contributed by atoms with Crippen molar-refractivity contribution in [3.05, 3.63) is 0 Å². The molecule has 0 aliphatic heterocycles. The molecule has 0 aliphatic rings. The molecule has 19 heteroatoms. The monoisotopic (exact) mass is 1550 g/mol. The zero-order chi connectivity index (χ0) is 77.4. The van der Waals surface area contributed by atoms with Crippen molar-refractivity contribution in [3.8, 4) is 0 Å². The third-order valence-electron chi connectivity index (χ3n) is 20.6. The van der Waals surface area contributed by atoms with Crippen molar-refractivity contribution in [1.82, 2.24) is 0 Å². The SMILES string of the molecule is CCCCCCCCCCCCCCCCCCCCC(=O)OC[C@H](COP(=O)(O)OC[C@@H](O)COP(=O)(O)OC[C@@H](COC(=O)CCCCCCCCCCCCCCC)OC(=O)CCCCCCCCCCCCCCCCCCC)OC(=O)CCCCCCCCCCCCCCCCCCCC. The number of carbonyl (C=O) groups excluding carboxylic acids is 4. The van der Waals surface area contributed by atoms with Gasteiger partial charge in [0, 0.05) is 25.7 Å². The molecule has 0 heterocycles. The van der Waals surface area contributed by atoms with E-state index in [1.54, 1.807) is 0 Å². The number of phosphoric acid groups is 2. The van der Waals surface area contributed by atoms with Gasteiger partial charge in [0.1, 0.15) is 19.3 Å². The number of rotatable bonds is 88. The summed E-state index contributed by atoms with van der Waals surface area (Å²) in [5.41, 5.74) is 0. The molecule has 0 amide bonds. The summed E-state index contributed by atoms with van der Waals surface area (Å²) in [4.78, 5) is 73.3. The van der Waals surface area contributed by atoms with Gasteiger partial charge in [0.15, 0.2) is 12.2 Å². The lowest BCUT2D eigenvalue weighted by Crippen LogP contribution is -2.30. The maximum atomic E-state index is 13.2. The van der Waals surface area contributed by atoms with Crippen LogP contribution >= 0.6 is 15.6 Å². The van der Waals surface area contributed by atoms with Gasteiger partial charge in [-0.15, -0.1) is 0 Å². The minimum absolute atomic E-state index is 0.110. The lowest BCUT2D eigenvalue weighted by atomic mass is 10.0. The van der Waals surface area contributed by atoms with E-state index < -0.39 is 97.5 Å². The molecule has 0 saturated carbocycles. The van der Waals surface area contributed by atoms with E-state index in [0.717, 1.165) is 89.9 Å². The van der Waals surface area contributed by atoms with E-state index in [1.165, 1.54) is 308 Å². The topological polar surface area (TPSA) is 237 Å². The number of aliphatic hydroxyl groups is 1. The molecule has 5 atom stereocenters. The molecule has 0 aromatic rings. The highest BCUT2D eigenvalue weighted by molar-refractivity contribution is 7.47. The Bertz CT molecular complexity index is 2000. The van der Waals surface area contributed by atoms with Crippen LogP contribution in [0.25, 0.3) is 0 Å². The van der Waals surface area contributed by atoms with Gasteiger partial charge < -0.3 is 33.8 Å². The van der Waals surface area contributed by atoms with Crippen molar-refractivity contribution in [3.63, 3.8) is 0 Å². The van der Waals surface area contributed by atoms with Gasteiger partial charge in [-0.2, -0.15) is 0 Å². The number of ether oxygens (including phenoxy) is 4. The third-order valence-corrected chi connectivity index (χ3v) is 22.5. The Morgan fingerprint density at radius 2 is 0.377 bits per heavy atom. The van der Waals surface area contributed by atoms with Crippen LogP contribution in [0.4, 0.5) is 0 Å². The van der Waals surface area contributed by atoms with Crippen LogP contribution in [-0.2, 0) is 65.4 Å². The Kier molecular flexibility index (Phi) is 79.6. The van der Waals surface area contributed by atoms with Crippen LogP contribution in [0.15, 0.2) is 0 Å². The highest BCUT2D eigenvalue weighted by Crippen LogP contribution is 2.45. The number of hydrogen-bond acceptors (Lipinski definition) is 15. The van der Waals surface area contributed by atoms with Crippen LogP contribution in [0, 0.1) is 0 Å². The Morgan fingerprint density at radius 3 is 0.557 bits per heavy atom. The molecule has 0 fully saturated rings. The Morgan fingerprint density at radius 1 is 0.226 bits per heavy atom. The van der Waals surface area contributed by atoms with Gasteiger partial charge in [0.05, 0.1) is 26.4 Å². The first-order valence-electron chi connectivity index (χ1n) is 45.3. The summed E-state index contributed by atoms with van der Waals surface area (Å²) in [5.74, 6) is -2.09. The number of aliphatic hydroxyl groups excluding tert-OH is 1. The third kappa shape index (κ3) is 80.1. The van der Waals surface area contributed by atoms with Crippen LogP contribution < -0.4 is 0 Å². The Labute approximate surface area is 651 Å². The van der Waals surface area contributed by atoms with E-state index in [2.05, 4.69) is 27.7 Å². The highest BCUT2D eigenvalue weighted by Gasteiger charge is 2.30. The van der Waals surface area contributed by atoms with E-state index in [1.807, 2.05) is 0 Å². The molecule has 2 unspecified atom stereocenters. The fraction of sp³-hybridized carbons (Fsp3) is 0.954. The van der Waals surface area contributed by atoms with Gasteiger partial charge in [-0.3, -0.25) is 37.3 Å². The van der Waals surface area contributed by atoms with Crippen molar-refractivity contribution in [2.24, 2.45) is 0 Å². The lowest BCUT2D eigenvalue weighted by molar-refractivity contribution is -0.161. The summed E-state index contributed by atoms with van der Waals surface area (Å²) >= 11 is 0. The average Bonchev–Trinajstić information content (AvgIpc) is 0.902. The summed E-state index contributed by atoms with van der Waals surface area (Å²) in [6.45, 7) is 5.08. The normalized spacial score (nSPS) is 13.7. The second-order valence-electron chi connectivity index (χ2n) is 31.3. The van der Waals surface area contributed by atoms with Crippen LogP contribution in [0.3, 0.4) is 0 Å². The summed E-state index contributed by atoms with van der Waals surface area (Å²) in [7, 11) is -9.93. The number of hydrogen-bond donors (Lipinski definition) is 3. The maximum Gasteiger partial charge on any atom is 0.472 e. The second-order valence-corrected chi connectivity index (χ2v) is 34.2. The van der Waals surface area contributed by atoms with Crippen molar-refractivity contribution in [2.45, 2.75) is 495 Å². The molecular formula is C87H170O17P2. The molecule has 106 heavy (non-hydrogen) atoms. The molecule has 0 spiro atoms. The first-order valence-corrected chi connectivity index (χ1v) is 48.3. The minimum Gasteiger partial charge on any atom is -0.462 e. The Balaban J connectivity index is 5.26. The second kappa shape index (κ2) is 81.1. The molecular weight excluding hydrogens is 1380 g/mol. The van der Waals surface area contributed by atoms with Gasteiger partial charge in [-0.25, -0.2) is 9.13 Å². The zero-order valence-electron chi connectivity index (χ0n) is 69.4. The molecule has 0 aromatic carbocycles. The molecule has 0 aliphatic carbocycles. The number of unbranched alkanes of at least 4 members (excludes halogenated alkanes) is 62. The van der Waals surface area contributed by atoms with Gasteiger partial charge in [0.25, 0.3) is 0 Å². The molecule has 0 radical (unpaired) electrons. The Hall–Kier alpha value is -1.94. The van der Waals surface area contributed by atoms with Crippen LogP contribution in [0.1, 0.15) is 477 Å². The molecule has 0 saturated heterocycles. The van der Waals surface area contributed by atoms with Crippen molar-refractivity contribution in [2.75, 3.05) is 39.6 Å². The number of phosphoric ester groups is 2. The molecule has 630 valence electrons. The zero-order valence-corrected chi connectivity index (χ0v) is 71.2. The molecule has 17 nitrogen and oxygen atoms in total. The summed E-state index contributed by atoms with van der Waals surface area (Å²) in [5, 5.41) is 10.7. The van der Waals surface area contributed by atoms with E-state index in [9.17, 15) is 43.2 Å². The van der Waals surface area contributed by atoms with Gasteiger partial charge in [-0.1, -0.05) is 426 Å². The first-order chi connectivity index (χ1) is 51.7. The molecule has 0 aromatic heterocycles.